The Labute approximate surface area is 130 Å². The second-order valence-corrected chi connectivity index (χ2v) is 7.61. The van der Waals surface area contributed by atoms with E-state index in [2.05, 4.69) is 5.32 Å². The Kier molecular flexibility index (Phi) is 5.52. The van der Waals surface area contributed by atoms with Gasteiger partial charge in [0.15, 0.2) is 0 Å². The van der Waals surface area contributed by atoms with Crippen LogP contribution in [0.2, 0.25) is 0 Å². The summed E-state index contributed by atoms with van der Waals surface area (Å²) in [6, 6.07) is 6.16. The Morgan fingerprint density at radius 2 is 2.05 bits per heavy atom. The number of sulfonamides is 1. The van der Waals surface area contributed by atoms with E-state index in [1.165, 1.54) is 22.7 Å². The summed E-state index contributed by atoms with van der Waals surface area (Å²) >= 11 is 0. The van der Waals surface area contributed by atoms with Crippen molar-refractivity contribution in [3.05, 3.63) is 35.6 Å². The van der Waals surface area contributed by atoms with Crippen molar-refractivity contribution in [3.8, 4) is 0 Å². The van der Waals surface area contributed by atoms with E-state index in [4.69, 9.17) is 0 Å². The number of carbonyl (C=O) groups excluding carboxylic acids is 1. The molecule has 1 aromatic rings. The van der Waals surface area contributed by atoms with Crippen LogP contribution in [-0.2, 0) is 21.2 Å². The third kappa shape index (κ3) is 4.78. The highest BCUT2D eigenvalue weighted by Gasteiger charge is 2.29. The van der Waals surface area contributed by atoms with Gasteiger partial charge < -0.3 is 5.32 Å². The lowest BCUT2D eigenvalue weighted by Crippen LogP contribution is -2.45. The third-order valence-corrected chi connectivity index (χ3v) is 5.12. The Bertz CT molecular complexity index is 616. The second kappa shape index (κ2) is 7.19. The quantitative estimate of drug-likeness (QED) is 0.882. The first kappa shape index (κ1) is 16.9. The fourth-order valence-corrected chi connectivity index (χ4v) is 3.49. The maximum absolute atomic E-state index is 12.8. The molecule has 1 saturated heterocycles. The minimum absolute atomic E-state index is 0.115. The van der Waals surface area contributed by atoms with Gasteiger partial charge in [-0.2, -0.15) is 0 Å². The van der Waals surface area contributed by atoms with Crippen LogP contribution in [0.5, 0.6) is 0 Å². The van der Waals surface area contributed by atoms with Crippen molar-refractivity contribution >= 4 is 15.9 Å². The lowest BCUT2D eigenvalue weighted by atomic mass is 9.99. The molecule has 0 saturated carbocycles. The molecule has 1 amide bonds. The lowest BCUT2D eigenvalue weighted by Gasteiger charge is -2.30. The lowest BCUT2D eigenvalue weighted by molar-refractivity contribution is -0.126. The van der Waals surface area contributed by atoms with Crippen LogP contribution in [0.4, 0.5) is 4.39 Å². The van der Waals surface area contributed by atoms with Crippen LogP contribution in [0.1, 0.15) is 18.4 Å². The molecule has 7 heteroatoms. The van der Waals surface area contributed by atoms with Crippen LogP contribution in [-0.4, -0.2) is 44.5 Å². The first-order valence-electron chi connectivity index (χ1n) is 7.33. The molecule has 2 rings (SSSR count). The van der Waals surface area contributed by atoms with Crippen molar-refractivity contribution in [2.24, 2.45) is 5.92 Å². The number of benzene rings is 1. The van der Waals surface area contributed by atoms with E-state index < -0.39 is 10.0 Å². The third-order valence-electron chi connectivity index (χ3n) is 3.85. The number of hydrogen-bond donors (Lipinski definition) is 1. The average Bonchev–Trinajstić information content (AvgIpc) is 2.48. The van der Waals surface area contributed by atoms with E-state index in [-0.39, 0.29) is 24.2 Å². The summed E-state index contributed by atoms with van der Waals surface area (Å²) in [5.74, 6) is -0.692. The molecule has 1 aromatic carbocycles. The highest BCUT2D eigenvalue weighted by atomic mass is 32.2. The molecule has 1 aliphatic rings. The van der Waals surface area contributed by atoms with Gasteiger partial charge in [-0.25, -0.2) is 17.1 Å². The van der Waals surface area contributed by atoms with Gasteiger partial charge >= 0.3 is 0 Å². The molecule has 22 heavy (non-hydrogen) atoms. The number of hydrogen-bond acceptors (Lipinski definition) is 3. The van der Waals surface area contributed by atoms with Gasteiger partial charge in [0.1, 0.15) is 5.82 Å². The monoisotopic (exact) mass is 328 g/mol. The summed E-state index contributed by atoms with van der Waals surface area (Å²) in [4.78, 5) is 12.1. The summed E-state index contributed by atoms with van der Waals surface area (Å²) in [5.41, 5.74) is 0.947. The molecule has 0 spiro atoms. The molecule has 122 valence electrons. The summed E-state index contributed by atoms with van der Waals surface area (Å²) in [5, 5.41) is 2.83. The van der Waals surface area contributed by atoms with E-state index in [0.29, 0.717) is 32.4 Å². The van der Waals surface area contributed by atoms with Gasteiger partial charge in [-0.05, 0) is 37.0 Å². The molecule has 1 aliphatic heterocycles. The van der Waals surface area contributed by atoms with Crippen LogP contribution in [0, 0.1) is 11.7 Å². The predicted octanol–water partition coefficient (Wildman–Crippen LogP) is 1.16. The van der Waals surface area contributed by atoms with Crippen LogP contribution in [0.15, 0.2) is 24.3 Å². The van der Waals surface area contributed by atoms with Crippen LogP contribution in [0.3, 0.4) is 0 Å². The van der Waals surface area contributed by atoms with Crippen LogP contribution < -0.4 is 5.32 Å². The van der Waals surface area contributed by atoms with Gasteiger partial charge in [-0.1, -0.05) is 12.1 Å². The maximum atomic E-state index is 12.8. The van der Waals surface area contributed by atoms with Crippen molar-refractivity contribution < 1.29 is 17.6 Å². The number of carbonyl (C=O) groups is 1. The van der Waals surface area contributed by atoms with E-state index in [9.17, 15) is 17.6 Å². The SMILES string of the molecule is CS(=O)(=O)N1CCCC(C(=O)NCCc2ccc(F)cc2)C1. The molecule has 1 unspecified atom stereocenters. The van der Waals surface area contributed by atoms with E-state index in [0.717, 1.165) is 5.56 Å². The topological polar surface area (TPSA) is 66.5 Å². The molecule has 0 aromatic heterocycles. The first-order valence-corrected chi connectivity index (χ1v) is 9.18. The largest absolute Gasteiger partial charge is 0.355 e. The van der Waals surface area contributed by atoms with Crippen LogP contribution in [0.25, 0.3) is 0 Å². The summed E-state index contributed by atoms with van der Waals surface area (Å²) in [6.07, 6.45) is 3.19. The minimum atomic E-state index is -3.24. The van der Waals surface area contributed by atoms with E-state index in [1.807, 2.05) is 0 Å². The Hall–Kier alpha value is -1.47. The first-order chi connectivity index (χ1) is 10.4. The second-order valence-electron chi connectivity index (χ2n) is 5.63. The highest BCUT2D eigenvalue weighted by Crippen LogP contribution is 2.18. The number of nitrogens with zero attached hydrogens (tertiary/aromatic N) is 1. The molecule has 1 heterocycles. The molecular formula is C15H21FN2O3S. The van der Waals surface area contributed by atoms with Crippen molar-refractivity contribution in [3.63, 3.8) is 0 Å². The Morgan fingerprint density at radius 1 is 1.36 bits per heavy atom. The smallest absolute Gasteiger partial charge is 0.224 e. The Morgan fingerprint density at radius 3 is 2.68 bits per heavy atom. The molecule has 0 radical (unpaired) electrons. The summed E-state index contributed by atoms with van der Waals surface area (Å²) < 4.78 is 37.2. The molecule has 0 bridgehead atoms. The van der Waals surface area contributed by atoms with Gasteiger partial charge in [0.05, 0.1) is 12.2 Å². The van der Waals surface area contributed by atoms with Gasteiger partial charge in [-0.15, -0.1) is 0 Å². The fraction of sp³-hybridized carbons (Fsp3) is 0.533. The van der Waals surface area contributed by atoms with Crippen molar-refractivity contribution in [2.75, 3.05) is 25.9 Å². The van der Waals surface area contributed by atoms with Crippen LogP contribution >= 0.6 is 0 Å². The van der Waals surface area contributed by atoms with Gasteiger partial charge in [0, 0.05) is 19.6 Å². The zero-order valence-electron chi connectivity index (χ0n) is 12.6. The number of nitrogens with one attached hydrogen (secondary N) is 1. The number of amides is 1. The van der Waals surface area contributed by atoms with Gasteiger partial charge in [0.2, 0.25) is 15.9 Å². The molecule has 1 N–H and O–H groups in total. The maximum Gasteiger partial charge on any atom is 0.224 e. The highest BCUT2D eigenvalue weighted by molar-refractivity contribution is 7.88. The van der Waals surface area contributed by atoms with E-state index in [1.54, 1.807) is 12.1 Å². The molecule has 0 aliphatic carbocycles. The summed E-state index contributed by atoms with van der Waals surface area (Å²) in [6.45, 7) is 1.19. The zero-order valence-corrected chi connectivity index (χ0v) is 13.4. The van der Waals surface area contributed by atoms with Gasteiger partial charge in [-0.3, -0.25) is 4.79 Å². The Balaban J connectivity index is 1.80. The molecule has 1 atom stereocenters. The minimum Gasteiger partial charge on any atom is -0.355 e. The molecule has 1 fully saturated rings. The van der Waals surface area contributed by atoms with Crippen molar-refractivity contribution in [1.29, 1.82) is 0 Å². The standard InChI is InChI=1S/C15H21FN2O3S/c1-22(20,21)18-10-2-3-13(11-18)15(19)17-9-8-12-4-6-14(16)7-5-12/h4-7,13H,2-3,8-11H2,1H3,(H,17,19). The molecule has 5 nitrogen and oxygen atoms in total. The van der Waals surface area contributed by atoms with Gasteiger partial charge in [0.25, 0.3) is 0 Å². The predicted molar refractivity (Wildman–Crippen MR) is 82.3 cm³/mol. The number of rotatable bonds is 5. The van der Waals surface area contributed by atoms with E-state index >= 15 is 0 Å². The average molecular weight is 328 g/mol. The number of halogens is 1. The fourth-order valence-electron chi connectivity index (χ4n) is 2.58. The van der Waals surface area contributed by atoms with Crippen molar-refractivity contribution in [1.82, 2.24) is 9.62 Å². The van der Waals surface area contributed by atoms with Crippen molar-refractivity contribution in [2.45, 2.75) is 19.3 Å². The zero-order chi connectivity index (χ0) is 16.2. The molecular weight excluding hydrogens is 307 g/mol. The number of piperidine rings is 1. The summed E-state index contributed by atoms with van der Waals surface area (Å²) in [7, 11) is -3.24. The normalized spacial score (nSPS) is 19.8.